The molecule has 0 saturated carbocycles. The summed E-state index contributed by atoms with van der Waals surface area (Å²) in [5, 5.41) is 3.28. The topological polar surface area (TPSA) is 34.4 Å². The van der Waals surface area contributed by atoms with E-state index in [1.807, 2.05) is 6.07 Å². The van der Waals surface area contributed by atoms with E-state index in [2.05, 4.69) is 12.2 Å². The van der Waals surface area contributed by atoms with Gasteiger partial charge in [0, 0.05) is 5.56 Å². The molecule has 1 heterocycles. The van der Waals surface area contributed by atoms with Gasteiger partial charge in [-0.1, -0.05) is 6.92 Å². The third-order valence-electron chi connectivity index (χ3n) is 2.76. The fraction of sp³-hybridized carbons (Fsp3) is 0.333. The van der Waals surface area contributed by atoms with Crippen LogP contribution in [0.15, 0.2) is 41.0 Å². The summed E-state index contributed by atoms with van der Waals surface area (Å²) < 4.78 is 23.8. The van der Waals surface area contributed by atoms with Crippen molar-refractivity contribution in [2.24, 2.45) is 0 Å². The first-order valence-electron chi connectivity index (χ1n) is 6.44. The van der Waals surface area contributed by atoms with Gasteiger partial charge in [-0.25, -0.2) is 4.39 Å². The maximum Gasteiger partial charge on any atom is 0.124 e. The van der Waals surface area contributed by atoms with Crippen molar-refractivity contribution in [1.82, 2.24) is 5.32 Å². The van der Waals surface area contributed by atoms with Crippen LogP contribution in [-0.4, -0.2) is 6.54 Å². The molecule has 19 heavy (non-hydrogen) atoms. The highest BCUT2D eigenvalue weighted by Crippen LogP contribution is 2.16. The zero-order valence-corrected chi connectivity index (χ0v) is 11.0. The number of hydrogen-bond donors (Lipinski definition) is 1. The first kappa shape index (κ1) is 13.6. The first-order valence-corrected chi connectivity index (χ1v) is 6.44. The van der Waals surface area contributed by atoms with Crippen LogP contribution in [0.2, 0.25) is 0 Å². The molecule has 0 bridgehead atoms. The Morgan fingerprint density at radius 1 is 1.21 bits per heavy atom. The average Bonchev–Trinajstić information content (AvgIpc) is 2.86. The lowest BCUT2D eigenvalue weighted by molar-refractivity contribution is 0.301. The van der Waals surface area contributed by atoms with Gasteiger partial charge < -0.3 is 14.5 Å². The molecule has 0 amide bonds. The minimum atomic E-state index is -0.264. The zero-order chi connectivity index (χ0) is 13.5. The Kier molecular flexibility index (Phi) is 4.98. The van der Waals surface area contributed by atoms with E-state index >= 15 is 0 Å². The van der Waals surface area contributed by atoms with Crippen LogP contribution in [0, 0.1) is 5.82 Å². The Morgan fingerprint density at radius 3 is 2.74 bits per heavy atom. The van der Waals surface area contributed by atoms with E-state index in [4.69, 9.17) is 9.15 Å². The lowest BCUT2D eigenvalue weighted by atomic mass is 10.2. The molecule has 0 atom stereocenters. The van der Waals surface area contributed by atoms with Gasteiger partial charge in [-0.05, 0) is 43.3 Å². The maximum atomic E-state index is 12.8. The summed E-state index contributed by atoms with van der Waals surface area (Å²) in [6, 6.07) is 7.89. The van der Waals surface area contributed by atoms with Crippen molar-refractivity contribution >= 4 is 0 Å². The molecular formula is C15H18FNO2. The number of halogens is 1. The molecule has 102 valence electrons. The van der Waals surface area contributed by atoms with Crippen LogP contribution in [0.4, 0.5) is 4.39 Å². The number of benzene rings is 1. The number of rotatable bonds is 7. The van der Waals surface area contributed by atoms with Gasteiger partial charge in [0.25, 0.3) is 0 Å². The highest BCUT2D eigenvalue weighted by Gasteiger charge is 2.06. The molecule has 1 aromatic heterocycles. The van der Waals surface area contributed by atoms with Gasteiger partial charge in [-0.3, -0.25) is 0 Å². The van der Waals surface area contributed by atoms with Crippen molar-refractivity contribution in [2.45, 2.75) is 26.5 Å². The Balaban J connectivity index is 1.88. The van der Waals surface area contributed by atoms with Gasteiger partial charge in [0.1, 0.15) is 23.9 Å². The van der Waals surface area contributed by atoms with E-state index in [1.165, 1.54) is 12.1 Å². The molecule has 1 N–H and O–H groups in total. The van der Waals surface area contributed by atoms with Crippen molar-refractivity contribution in [2.75, 3.05) is 6.54 Å². The van der Waals surface area contributed by atoms with Crippen LogP contribution in [0.1, 0.15) is 24.7 Å². The van der Waals surface area contributed by atoms with Crippen LogP contribution < -0.4 is 10.1 Å². The summed E-state index contributed by atoms with van der Waals surface area (Å²) in [7, 11) is 0. The molecule has 4 heteroatoms. The second kappa shape index (κ2) is 6.95. The molecule has 0 radical (unpaired) electrons. The second-order valence-corrected chi connectivity index (χ2v) is 4.29. The van der Waals surface area contributed by atoms with Gasteiger partial charge in [0.05, 0.1) is 12.8 Å². The van der Waals surface area contributed by atoms with Crippen LogP contribution in [0.5, 0.6) is 5.75 Å². The van der Waals surface area contributed by atoms with E-state index in [1.54, 1.807) is 18.4 Å². The summed E-state index contributed by atoms with van der Waals surface area (Å²) in [5.41, 5.74) is 1.01. The molecule has 0 saturated heterocycles. The molecule has 2 aromatic rings. The molecule has 0 spiro atoms. The van der Waals surface area contributed by atoms with Crippen molar-refractivity contribution in [3.63, 3.8) is 0 Å². The number of hydrogen-bond acceptors (Lipinski definition) is 3. The van der Waals surface area contributed by atoms with Gasteiger partial charge in [-0.15, -0.1) is 0 Å². The largest absolute Gasteiger partial charge is 0.489 e. The monoisotopic (exact) mass is 263 g/mol. The number of ether oxygens (including phenoxy) is 1. The lowest BCUT2D eigenvalue weighted by Crippen LogP contribution is -2.14. The molecule has 0 unspecified atom stereocenters. The minimum Gasteiger partial charge on any atom is -0.489 e. The van der Waals surface area contributed by atoms with Crippen LogP contribution >= 0.6 is 0 Å². The molecule has 1 aromatic carbocycles. The Bertz CT molecular complexity index is 493. The third kappa shape index (κ3) is 4.10. The summed E-state index contributed by atoms with van der Waals surface area (Å²) in [5.74, 6) is 1.27. The van der Waals surface area contributed by atoms with Crippen LogP contribution in [-0.2, 0) is 13.2 Å². The Labute approximate surface area is 112 Å². The normalized spacial score (nSPS) is 10.6. The molecule has 3 nitrogen and oxygen atoms in total. The zero-order valence-electron chi connectivity index (χ0n) is 11.0. The van der Waals surface area contributed by atoms with E-state index in [0.29, 0.717) is 18.9 Å². The minimum absolute atomic E-state index is 0.264. The van der Waals surface area contributed by atoms with Crippen LogP contribution in [0.25, 0.3) is 0 Å². The highest BCUT2D eigenvalue weighted by molar-refractivity contribution is 5.23. The van der Waals surface area contributed by atoms with E-state index in [0.717, 1.165) is 24.3 Å². The molecule has 0 aliphatic rings. The van der Waals surface area contributed by atoms with E-state index < -0.39 is 0 Å². The second-order valence-electron chi connectivity index (χ2n) is 4.29. The summed E-state index contributed by atoms with van der Waals surface area (Å²) in [6.07, 6.45) is 2.74. The van der Waals surface area contributed by atoms with E-state index in [-0.39, 0.29) is 5.82 Å². The van der Waals surface area contributed by atoms with Gasteiger partial charge >= 0.3 is 0 Å². The number of nitrogens with one attached hydrogen (secondary N) is 1. The predicted octanol–water partition coefficient (Wildman–Crippen LogP) is 3.50. The summed E-state index contributed by atoms with van der Waals surface area (Å²) >= 11 is 0. The third-order valence-corrected chi connectivity index (χ3v) is 2.76. The standard InChI is InChI=1S/C15H18FNO2/c1-2-8-17-10-15-12(7-9-18-15)11-19-14-5-3-13(16)4-6-14/h3-7,9,17H,2,8,10-11H2,1H3. The molecule has 0 fully saturated rings. The summed E-state index contributed by atoms with van der Waals surface area (Å²) in [4.78, 5) is 0. The maximum absolute atomic E-state index is 12.8. The van der Waals surface area contributed by atoms with Crippen LogP contribution in [0.3, 0.4) is 0 Å². The summed E-state index contributed by atoms with van der Waals surface area (Å²) in [6.45, 7) is 4.20. The van der Waals surface area contributed by atoms with Crippen molar-refractivity contribution in [1.29, 1.82) is 0 Å². The fourth-order valence-electron chi connectivity index (χ4n) is 1.72. The Hall–Kier alpha value is -1.81. The predicted molar refractivity (Wildman–Crippen MR) is 71.4 cm³/mol. The van der Waals surface area contributed by atoms with Gasteiger partial charge in [0.15, 0.2) is 0 Å². The molecular weight excluding hydrogens is 245 g/mol. The lowest BCUT2D eigenvalue weighted by Gasteiger charge is -2.07. The van der Waals surface area contributed by atoms with Crippen molar-refractivity contribution < 1.29 is 13.5 Å². The molecule has 2 rings (SSSR count). The van der Waals surface area contributed by atoms with Crippen molar-refractivity contribution in [3.8, 4) is 5.75 Å². The average molecular weight is 263 g/mol. The molecule has 0 aliphatic heterocycles. The highest BCUT2D eigenvalue weighted by atomic mass is 19.1. The smallest absolute Gasteiger partial charge is 0.124 e. The molecule has 0 aliphatic carbocycles. The SMILES string of the molecule is CCCNCc1occc1COc1ccc(F)cc1. The van der Waals surface area contributed by atoms with Crippen molar-refractivity contribution in [3.05, 3.63) is 53.7 Å². The number of furan rings is 1. The quantitative estimate of drug-likeness (QED) is 0.776. The van der Waals surface area contributed by atoms with Gasteiger partial charge in [0.2, 0.25) is 0 Å². The Morgan fingerprint density at radius 2 is 2.00 bits per heavy atom. The van der Waals surface area contributed by atoms with E-state index in [9.17, 15) is 4.39 Å². The fourth-order valence-corrected chi connectivity index (χ4v) is 1.72. The van der Waals surface area contributed by atoms with Gasteiger partial charge in [-0.2, -0.15) is 0 Å². The first-order chi connectivity index (χ1) is 9.29.